The number of carbonyl (C=O) groups excluding carboxylic acids is 1. The van der Waals surface area contributed by atoms with Crippen molar-refractivity contribution in [1.82, 2.24) is 9.62 Å². The zero-order valence-corrected chi connectivity index (χ0v) is 23.1. The molecule has 0 spiro atoms. The normalized spacial score (nSPS) is 34.3. The summed E-state index contributed by atoms with van der Waals surface area (Å²) < 4.78 is 229. The summed E-state index contributed by atoms with van der Waals surface area (Å²) in [4.78, 5) is 12.7. The summed E-state index contributed by atoms with van der Waals surface area (Å²) in [5.41, 5.74) is -0.0218. The number of sulfonamides is 1. The fourth-order valence-corrected chi connectivity index (χ4v) is 5.58. The van der Waals surface area contributed by atoms with Crippen molar-refractivity contribution in [3.63, 3.8) is 0 Å². The van der Waals surface area contributed by atoms with Gasteiger partial charge in [-0.15, -0.1) is 0 Å². The number of carbonyl (C=O) groups is 1. The van der Waals surface area contributed by atoms with Gasteiger partial charge >= 0.3 is 6.09 Å². The summed E-state index contributed by atoms with van der Waals surface area (Å²) in [6.07, 6.45) is -12.6. The van der Waals surface area contributed by atoms with E-state index in [0.717, 1.165) is 36.4 Å². The van der Waals surface area contributed by atoms with Crippen molar-refractivity contribution in [3.05, 3.63) is 54.1 Å². The Bertz CT molecular complexity index is 2080. The number of ether oxygens (including phenoxy) is 5. The van der Waals surface area contributed by atoms with Crippen molar-refractivity contribution in [2.75, 3.05) is 33.2 Å². The fraction of sp³-hybridized carbons (Fsp3) is 0.581. The average Bonchev–Trinajstić information content (AvgIpc) is 3.65. The Balaban J connectivity index is 1.84. The fourth-order valence-electron chi connectivity index (χ4n) is 4.28. The van der Waals surface area contributed by atoms with Gasteiger partial charge in [-0.1, -0.05) is 25.8 Å². The first kappa shape index (κ1) is 14.5. The predicted octanol–water partition coefficient (Wildman–Crippen LogP) is 3.59. The van der Waals surface area contributed by atoms with Gasteiger partial charge in [-0.3, -0.25) is 0 Å². The number of hydrogen-bond donors (Lipinski definition) is 2. The first-order valence-electron chi connectivity index (χ1n) is 23.6. The third-order valence-corrected chi connectivity index (χ3v) is 8.03. The van der Waals surface area contributed by atoms with Crippen LogP contribution in [-0.4, -0.2) is 87.8 Å². The first-order chi connectivity index (χ1) is 29.1. The molecule has 4 rings (SSSR count). The van der Waals surface area contributed by atoms with Gasteiger partial charge in [0.25, 0.3) is 0 Å². The zero-order valence-electron chi connectivity index (χ0n) is 44.3. The van der Waals surface area contributed by atoms with E-state index >= 15 is 0 Å². The van der Waals surface area contributed by atoms with Crippen LogP contribution < -0.4 is 14.8 Å². The molecule has 0 saturated carbocycles. The summed E-state index contributed by atoms with van der Waals surface area (Å²) in [5.74, 6) is -6.48. The lowest BCUT2D eigenvalue weighted by Gasteiger charge is -2.31. The van der Waals surface area contributed by atoms with Gasteiger partial charge in [0.05, 0.1) is 58.8 Å². The molecular formula is C31H44N2O9S. The van der Waals surface area contributed by atoms with Crippen LogP contribution in [0.1, 0.15) is 69.5 Å². The third-order valence-electron chi connectivity index (χ3n) is 6.34. The van der Waals surface area contributed by atoms with Crippen LogP contribution in [0.5, 0.6) is 11.5 Å². The van der Waals surface area contributed by atoms with E-state index in [9.17, 15) is 18.3 Å². The molecule has 2 saturated heterocycles. The highest BCUT2D eigenvalue weighted by atomic mass is 32.2. The quantitative estimate of drug-likeness (QED) is 0.317. The summed E-state index contributed by atoms with van der Waals surface area (Å²) in [5, 5.41) is 14.0. The molecule has 0 unspecified atom stereocenters. The molecule has 0 radical (unpaired) electrons. The number of nitrogens with one attached hydrogen (secondary N) is 1. The van der Waals surface area contributed by atoms with E-state index in [4.69, 9.17) is 53.8 Å². The highest BCUT2D eigenvalue weighted by Crippen LogP contribution is 2.33. The van der Waals surface area contributed by atoms with E-state index in [2.05, 4.69) is 5.32 Å². The Labute approximate surface area is 285 Å². The minimum absolute atomic E-state index is 0.0218. The Hall–Kier alpha value is -2.90. The number of methoxy groups -OCH3 is 1. The zero-order chi connectivity index (χ0) is 50.0. The maximum Gasteiger partial charge on any atom is 0.407 e. The molecule has 2 aromatic carbocycles. The number of aliphatic hydroxyl groups is 1. The van der Waals surface area contributed by atoms with Gasteiger partial charge in [-0.05, 0) is 74.4 Å². The Kier molecular flexibility index (Phi) is 4.95. The minimum atomic E-state index is -5.65. The van der Waals surface area contributed by atoms with Crippen molar-refractivity contribution < 1.29 is 72.2 Å². The Morgan fingerprint density at radius 3 is 2.63 bits per heavy atom. The molecule has 2 aromatic rings. The Morgan fingerprint density at radius 2 is 1.93 bits per heavy atom. The van der Waals surface area contributed by atoms with Crippen LogP contribution in [-0.2, 0) is 30.7 Å². The molecule has 0 aliphatic carbocycles. The number of alkyl carbamates (subject to hydrolysis) is 1. The van der Waals surface area contributed by atoms with E-state index in [1.165, 1.54) is 0 Å². The third kappa shape index (κ3) is 8.82. The van der Waals surface area contributed by atoms with Crippen LogP contribution in [0.4, 0.5) is 4.79 Å². The van der Waals surface area contributed by atoms with Crippen molar-refractivity contribution in [2.24, 2.45) is 11.8 Å². The molecule has 2 fully saturated rings. The highest BCUT2D eigenvalue weighted by molar-refractivity contribution is 7.89. The first-order valence-corrected chi connectivity index (χ1v) is 14.1. The van der Waals surface area contributed by atoms with Crippen molar-refractivity contribution in [3.8, 4) is 11.5 Å². The highest BCUT2D eigenvalue weighted by Gasteiger charge is 2.44. The maximum atomic E-state index is 14.4. The van der Waals surface area contributed by atoms with Gasteiger partial charge in [-0.25, -0.2) is 13.2 Å². The van der Waals surface area contributed by atoms with E-state index in [1.54, 1.807) is 0 Å². The molecule has 0 aromatic heterocycles. The maximum absolute atomic E-state index is 14.4. The molecule has 5 atom stereocenters. The summed E-state index contributed by atoms with van der Waals surface area (Å²) in [7, 11) is -8.68. The van der Waals surface area contributed by atoms with Gasteiger partial charge < -0.3 is 34.1 Å². The summed E-state index contributed by atoms with van der Waals surface area (Å²) in [6.45, 7) is -24.4. The van der Waals surface area contributed by atoms with Crippen molar-refractivity contribution >= 4 is 16.1 Å². The molecule has 2 N–H and O–H groups in total. The van der Waals surface area contributed by atoms with Crippen LogP contribution in [0.2, 0.25) is 0 Å². The molecule has 2 heterocycles. The number of hydrogen-bond acceptors (Lipinski definition) is 9. The summed E-state index contributed by atoms with van der Waals surface area (Å²) in [6, 6.07) is 5.03. The molecule has 43 heavy (non-hydrogen) atoms. The molecule has 0 bridgehead atoms. The number of amides is 1. The molecule has 1 amide bonds. The number of aliphatic hydroxyl groups excluding tert-OH is 1. The van der Waals surface area contributed by atoms with Gasteiger partial charge in [0, 0.05) is 33.6 Å². The second-order valence-corrected chi connectivity index (χ2v) is 11.2. The van der Waals surface area contributed by atoms with Gasteiger partial charge in [0.15, 0.2) is 6.29 Å². The standard InChI is InChI=1S/C31H44N2O9S/c1-20(2)17-33(43(36,37)25-12-10-23(38-5)11-13-25)18-28(34)27(16-22-6-8-24(9-7-22)41-21(3)4)32-31(35)42-29-19-40-30-26(29)14-15-39-30/h6-13,20-21,26-30,34H,14-19H2,1-5H3,(H,32,35)/t26-,27-,28+,29-,30+/m0/s1/i1D3,2D3,3D3,4D3,5D3,17D2,19D2,20D,21D,29D. The second kappa shape index (κ2) is 14.7. The molecule has 12 heteroatoms. The van der Waals surface area contributed by atoms with Crippen LogP contribution in [0.15, 0.2) is 53.4 Å². The van der Waals surface area contributed by atoms with Crippen molar-refractivity contribution in [2.45, 2.75) is 75.7 Å². The van der Waals surface area contributed by atoms with Crippen LogP contribution in [0, 0.1) is 11.8 Å². The lowest BCUT2D eigenvalue weighted by atomic mass is 10.0. The largest absolute Gasteiger partial charge is 0.497 e. The lowest BCUT2D eigenvalue weighted by molar-refractivity contribution is -0.0907. The second-order valence-electron chi connectivity index (χ2n) is 9.30. The number of benzene rings is 2. The van der Waals surface area contributed by atoms with Crippen LogP contribution in [0.25, 0.3) is 0 Å². The van der Waals surface area contributed by atoms with Gasteiger partial charge in [0.2, 0.25) is 10.0 Å². The van der Waals surface area contributed by atoms with Crippen molar-refractivity contribution in [1.29, 1.82) is 0 Å². The predicted molar refractivity (Wildman–Crippen MR) is 159 cm³/mol. The van der Waals surface area contributed by atoms with Gasteiger partial charge in [0.1, 0.15) is 17.6 Å². The minimum Gasteiger partial charge on any atom is -0.497 e. The van der Waals surface area contributed by atoms with E-state index in [0.29, 0.717) is 12.1 Å². The number of fused-ring (bicyclic) bond motifs is 1. The molecule has 11 nitrogen and oxygen atoms in total. The number of rotatable bonds is 14. The topological polar surface area (TPSA) is 133 Å². The lowest BCUT2D eigenvalue weighted by Crippen LogP contribution is -2.51. The summed E-state index contributed by atoms with van der Waals surface area (Å²) >= 11 is 0. The van der Waals surface area contributed by atoms with Gasteiger partial charge in [-0.2, -0.15) is 4.31 Å². The molecule has 2 aliphatic rings. The number of nitrogens with zero attached hydrogens (tertiary/aromatic N) is 1. The van der Waals surface area contributed by atoms with Crippen LogP contribution >= 0.6 is 0 Å². The molecule has 2 aliphatic heterocycles. The average molecular weight is 643 g/mol. The van der Waals surface area contributed by atoms with E-state index in [1.807, 2.05) is 0 Å². The SMILES string of the molecule is [2H]C([2H])([2H])Oc1ccc(S(=O)(=O)N(C[C@@H](O)[C@H](Cc2ccc(OC([2H])(C([2H])([2H])[2H])C([2H])([2H])[2H])cc2)NC(=O)O[C@]2([2H])[C@@H]3CCO[C@@H]3OC2([2H])[2H])C([2H])([2H])C([2H])(C([2H])([2H])[2H])C([2H])([2H])[2H])cc1. The monoisotopic (exact) mass is 642 g/mol. The Morgan fingerprint density at radius 1 is 1.19 bits per heavy atom. The molecular weight excluding hydrogens is 576 g/mol. The smallest absolute Gasteiger partial charge is 0.407 e. The molecule has 238 valence electrons. The van der Waals surface area contributed by atoms with Crippen LogP contribution in [0.3, 0.4) is 0 Å². The van der Waals surface area contributed by atoms with E-state index in [-0.39, 0.29) is 18.6 Å². The van der Waals surface area contributed by atoms with E-state index < -0.39 is 140 Å².